The van der Waals surface area contributed by atoms with Crippen LogP contribution in [0.4, 0.5) is 0 Å². The molecule has 0 aromatic carbocycles. The summed E-state index contributed by atoms with van der Waals surface area (Å²) in [6, 6.07) is 3.46. The van der Waals surface area contributed by atoms with E-state index in [0.717, 1.165) is 5.56 Å². The average molecular weight is 181 g/mol. The summed E-state index contributed by atoms with van der Waals surface area (Å²) in [5.74, 6) is -1.03. The van der Waals surface area contributed by atoms with Gasteiger partial charge >= 0.3 is 5.97 Å². The van der Waals surface area contributed by atoms with Crippen LogP contribution in [-0.2, 0) is 4.79 Å². The van der Waals surface area contributed by atoms with E-state index in [1.54, 1.807) is 18.3 Å². The minimum atomic E-state index is -1.03. The molecule has 0 fully saturated rings. The summed E-state index contributed by atoms with van der Waals surface area (Å²) in [7, 11) is 0. The lowest BCUT2D eigenvalue weighted by molar-refractivity contribution is -0.139. The van der Waals surface area contributed by atoms with Crippen LogP contribution in [0, 0.1) is 6.92 Å². The van der Waals surface area contributed by atoms with Gasteiger partial charge in [-0.15, -0.1) is 0 Å². The first-order valence-electron chi connectivity index (χ1n) is 3.92. The molecule has 4 heteroatoms. The number of rotatable bonds is 3. The Morgan fingerprint density at radius 3 is 2.92 bits per heavy atom. The van der Waals surface area contributed by atoms with E-state index in [0.29, 0.717) is 5.69 Å². The van der Waals surface area contributed by atoms with Crippen LogP contribution in [-0.4, -0.2) is 21.2 Å². The van der Waals surface area contributed by atoms with Crippen molar-refractivity contribution in [1.82, 2.24) is 4.98 Å². The fourth-order valence-electron chi connectivity index (χ4n) is 1.01. The molecule has 4 nitrogen and oxygen atoms in total. The summed E-state index contributed by atoms with van der Waals surface area (Å²) in [4.78, 5) is 14.2. The molecular formula is C9H11NO3. The van der Waals surface area contributed by atoms with Crippen LogP contribution in [0.15, 0.2) is 18.3 Å². The molecule has 0 saturated heterocycles. The number of aliphatic hydroxyl groups is 1. The largest absolute Gasteiger partial charge is 0.481 e. The summed E-state index contributed by atoms with van der Waals surface area (Å²) >= 11 is 0. The number of aliphatic carboxylic acids is 1. The van der Waals surface area contributed by atoms with E-state index >= 15 is 0 Å². The van der Waals surface area contributed by atoms with Gasteiger partial charge < -0.3 is 10.2 Å². The molecule has 13 heavy (non-hydrogen) atoms. The van der Waals surface area contributed by atoms with Gasteiger partial charge in [-0.1, -0.05) is 0 Å². The average Bonchev–Trinajstić information content (AvgIpc) is 2.03. The van der Waals surface area contributed by atoms with Gasteiger partial charge in [0.25, 0.3) is 0 Å². The summed E-state index contributed by atoms with van der Waals surface area (Å²) in [5, 5.41) is 17.8. The van der Waals surface area contributed by atoms with E-state index in [9.17, 15) is 9.90 Å². The van der Waals surface area contributed by atoms with Crippen molar-refractivity contribution in [3.63, 3.8) is 0 Å². The molecule has 0 unspecified atom stereocenters. The number of carbonyl (C=O) groups is 1. The number of hydrogen-bond acceptors (Lipinski definition) is 3. The molecule has 0 aliphatic carbocycles. The number of pyridine rings is 1. The lowest BCUT2D eigenvalue weighted by Crippen LogP contribution is -2.07. The van der Waals surface area contributed by atoms with Crippen LogP contribution in [0.1, 0.15) is 23.8 Å². The van der Waals surface area contributed by atoms with Crippen LogP contribution in [0.2, 0.25) is 0 Å². The zero-order chi connectivity index (χ0) is 9.84. The third-order valence-electron chi connectivity index (χ3n) is 1.65. The van der Waals surface area contributed by atoms with Crippen molar-refractivity contribution < 1.29 is 15.0 Å². The lowest BCUT2D eigenvalue weighted by Gasteiger charge is -2.06. The van der Waals surface area contributed by atoms with Gasteiger partial charge in [-0.3, -0.25) is 9.78 Å². The van der Waals surface area contributed by atoms with Crippen molar-refractivity contribution >= 4 is 5.97 Å². The van der Waals surface area contributed by atoms with Crippen LogP contribution in [0.25, 0.3) is 0 Å². The molecule has 0 aliphatic rings. The Bertz CT molecular complexity index is 311. The molecule has 1 heterocycles. The first-order chi connectivity index (χ1) is 6.09. The van der Waals surface area contributed by atoms with Crippen molar-refractivity contribution in [2.24, 2.45) is 0 Å². The Labute approximate surface area is 75.9 Å². The molecule has 1 aromatic heterocycles. The number of aromatic nitrogens is 1. The van der Waals surface area contributed by atoms with Gasteiger partial charge in [-0.05, 0) is 24.6 Å². The molecule has 1 atom stereocenters. The molecule has 0 spiro atoms. The normalized spacial score (nSPS) is 12.5. The molecule has 0 amide bonds. The monoisotopic (exact) mass is 181 g/mol. The van der Waals surface area contributed by atoms with Gasteiger partial charge in [-0.2, -0.15) is 0 Å². The maximum absolute atomic E-state index is 10.3. The Kier molecular flexibility index (Phi) is 2.97. The number of hydrogen-bond donors (Lipinski definition) is 2. The second-order valence-electron chi connectivity index (χ2n) is 2.87. The van der Waals surface area contributed by atoms with Crippen LogP contribution >= 0.6 is 0 Å². The van der Waals surface area contributed by atoms with E-state index < -0.39 is 12.1 Å². The topological polar surface area (TPSA) is 70.4 Å². The van der Waals surface area contributed by atoms with Gasteiger partial charge in [0.1, 0.15) is 6.10 Å². The zero-order valence-corrected chi connectivity index (χ0v) is 7.27. The van der Waals surface area contributed by atoms with Crippen molar-refractivity contribution in [1.29, 1.82) is 0 Å². The van der Waals surface area contributed by atoms with E-state index in [-0.39, 0.29) is 6.42 Å². The number of carboxylic acid groups (broad SMARTS) is 1. The summed E-state index contributed by atoms with van der Waals surface area (Å²) in [6.45, 7) is 1.86. The highest BCUT2D eigenvalue weighted by atomic mass is 16.4. The van der Waals surface area contributed by atoms with E-state index in [4.69, 9.17) is 5.11 Å². The highest BCUT2D eigenvalue weighted by Crippen LogP contribution is 2.14. The predicted molar refractivity (Wildman–Crippen MR) is 46.2 cm³/mol. The highest BCUT2D eigenvalue weighted by Gasteiger charge is 2.12. The fourth-order valence-corrected chi connectivity index (χ4v) is 1.01. The molecule has 0 radical (unpaired) electrons. The lowest BCUT2D eigenvalue weighted by atomic mass is 10.1. The summed E-state index contributed by atoms with van der Waals surface area (Å²) in [5.41, 5.74) is 1.36. The molecule has 0 aliphatic heterocycles. The summed E-state index contributed by atoms with van der Waals surface area (Å²) < 4.78 is 0. The first-order valence-corrected chi connectivity index (χ1v) is 3.92. The number of aliphatic hydroxyl groups excluding tert-OH is 1. The van der Waals surface area contributed by atoms with Crippen molar-refractivity contribution in [2.75, 3.05) is 0 Å². The van der Waals surface area contributed by atoms with E-state index in [1.165, 1.54) is 0 Å². The molecule has 70 valence electrons. The third-order valence-corrected chi connectivity index (χ3v) is 1.65. The fraction of sp³-hybridized carbons (Fsp3) is 0.333. The molecule has 0 bridgehead atoms. The Morgan fingerprint density at radius 1 is 1.69 bits per heavy atom. The van der Waals surface area contributed by atoms with Crippen molar-refractivity contribution in [3.05, 3.63) is 29.6 Å². The quantitative estimate of drug-likeness (QED) is 0.726. The van der Waals surface area contributed by atoms with Crippen LogP contribution in [0.3, 0.4) is 0 Å². The predicted octanol–water partition coefficient (Wildman–Crippen LogP) is 0.898. The smallest absolute Gasteiger partial charge is 0.306 e. The SMILES string of the molecule is Cc1ccnc([C@@H](O)CC(=O)O)c1. The van der Waals surface area contributed by atoms with Gasteiger partial charge in [0, 0.05) is 6.20 Å². The minimum Gasteiger partial charge on any atom is -0.481 e. The molecule has 1 rings (SSSR count). The first kappa shape index (κ1) is 9.67. The van der Waals surface area contributed by atoms with Crippen LogP contribution < -0.4 is 0 Å². The highest BCUT2D eigenvalue weighted by molar-refractivity contribution is 5.67. The van der Waals surface area contributed by atoms with Crippen LogP contribution in [0.5, 0.6) is 0 Å². The third kappa shape index (κ3) is 2.83. The number of aryl methyl sites for hydroxylation is 1. The van der Waals surface area contributed by atoms with Crippen molar-refractivity contribution in [2.45, 2.75) is 19.4 Å². The zero-order valence-electron chi connectivity index (χ0n) is 7.27. The Balaban J connectivity index is 2.76. The number of nitrogens with zero attached hydrogens (tertiary/aromatic N) is 1. The minimum absolute atomic E-state index is 0.309. The Hall–Kier alpha value is -1.42. The summed E-state index contributed by atoms with van der Waals surface area (Å²) in [6.07, 6.45) is 0.226. The maximum atomic E-state index is 10.3. The Morgan fingerprint density at radius 2 is 2.38 bits per heavy atom. The molecule has 1 aromatic rings. The van der Waals surface area contributed by atoms with E-state index in [2.05, 4.69) is 4.98 Å². The van der Waals surface area contributed by atoms with Gasteiger partial charge in [0.2, 0.25) is 0 Å². The van der Waals surface area contributed by atoms with Gasteiger partial charge in [0.15, 0.2) is 0 Å². The van der Waals surface area contributed by atoms with E-state index in [1.807, 2.05) is 6.92 Å². The van der Waals surface area contributed by atoms with Gasteiger partial charge in [-0.25, -0.2) is 0 Å². The second-order valence-corrected chi connectivity index (χ2v) is 2.87. The second kappa shape index (κ2) is 4.00. The molecular weight excluding hydrogens is 170 g/mol. The van der Waals surface area contributed by atoms with Gasteiger partial charge in [0.05, 0.1) is 12.1 Å². The number of carboxylic acids is 1. The maximum Gasteiger partial charge on any atom is 0.306 e. The molecule has 0 saturated carbocycles. The van der Waals surface area contributed by atoms with Crippen molar-refractivity contribution in [3.8, 4) is 0 Å². The standard InChI is InChI=1S/C9H11NO3/c1-6-2-3-10-7(4-6)8(11)5-9(12)13/h2-4,8,11H,5H2,1H3,(H,12,13)/t8-/m0/s1. The molecule has 2 N–H and O–H groups in total.